The first-order chi connectivity index (χ1) is 10.6. The minimum atomic E-state index is -3.50. The van der Waals surface area contributed by atoms with Gasteiger partial charge < -0.3 is 15.1 Å². The van der Waals surface area contributed by atoms with Gasteiger partial charge in [-0.2, -0.15) is 0 Å². The number of hydrogen-bond donors (Lipinski definition) is 2. The van der Waals surface area contributed by atoms with Gasteiger partial charge >= 0.3 is 0 Å². The van der Waals surface area contributed by atoms with E-state index in [9.17, 15) is 22.7 Å². The second-order valence-electron chi connectivity index (χ2n) is 5.76. The van der Waals surface area contributed by atoms with Crippen LogP contribution in [0.3, 0.4) is 0 Å². The Morgan fingerprint density at radius 1 is 1.39 bits per heavy atom. The Kier molecular flexibility index (Phi) is 4.92. The molecule has 0 radical (unpaired) electrons. The summed E-state index contributed by atoms with van der Waals surface area (Å²) in [4.78, 5) is 13.6. The SMILES string of the molecule is CN(C)S(=O)(=O)C[C@@H]1CN(C(=O)c2ccc(O)c(F)c2)C[C@H]1O. The Bertz CT molecular complexity index is 707. The predicted octanol–water partition coefficient (Wildman–Crippen LogP) is -0.144. The van der Waals surface area contributed by atoms with Gasteiger partial charge in [-0.15, -0.1) is 0 Å². The first-order valence-corrected chi connectivity index (χ1v) is 8.59. The van der Waals surface area contributed by atoms with Gasteiger partial charge in [-0.25, -0.2) is 17.1 Å². The van der Waals surface area contributed by atoms with Crippen LogP contribution >= 0.6 is 0 Å². The number of halogens is 1. The minimum Gasteiger partial charge on any atom is -0.505 e. The number of nitrogens with zero attached hydrogens (tertiary/aromatic N) is 2. The summed E-state index contributed by atoms with van der Waals surface area (Å²) in [5, 5.41) is 19.2. The molecule has 0 spiro atoms. The number of phenols is 1. The summed E-state index contributed by atoms with van der Waals surface area (Å²) in [6.07, 6.45) is -0.962. The van der Waals surface area contributed by atoms with Crippen LogP contribution in [0.5, 0.6) is 5.75 Å². The molecule has 128 valence electrons. The Hall–Kier alpha value is -1.71. The lowest BCUT2D eigenvalue weighted by Crippen LogP contribution is -2.33. The van der Waals surface area contributed by atoms with E-state index in [1.165, 1.54) is 25.1 Å². The quantitative estimate of drug-likeness (QED) is 0.790. The molecule has 0 aliphatic carbocycles. The molecule has 1 fully saturated rings. The number of rotatable bonds is 4. The molecular weight excluding hydrogens is 327 g/mol. The monoisotopic (exact) mass is 346 g/mol. The number of β-amino-alcohol motifs (C(OH)–C–C–N with tert-alkyl or cyclic N) is 1. The third-order valence-electron chi connectivity index (χ3n) is 3.87. The molecule has 1 amide bonds. The third kappa shape index (κ3) is 3.80. The first kappa shape index (κ1) is 17.6. The first-order valence-electron chi connectivity index (χ1n) is 6.98. The highest BCUT2D eigenvalue weighted by molar-refractivity contribution is 7.89. The molecule has 1 aliphatic heterocycles. The summed E-state index contributed by atoms with van der Waals surface area (Å²) >= 11 is 0. The topological polar surface area (TPSA) is 98.2 Å². The van der Waals surface area contributed by atoms with Crippen molar-refractivity contribution in [3.05, 3.63) is 29.6 Å². The van der Waals surface area contributed by atoms with Crippen LogP contribution in [0.25, 0.3) is 0 Å². The van der Waals surface area contributed by atoms with Crippen molar-refractivity contribution in [2.75, 3.05) is 32.9 Å². The fourth-order valence-corrected chi connectivity index (χ4v) is 3.59. The van der Waals surface area contributed by atoms with Gasteiger partial charge in [-0.1, -0.05) is 0 Å². The molecular formula is C14H19FN2O5S. The van der Waals surface area contributed by atoms with E-state index in [0.717, 1.165) is 16.4 Å². The fourth-order valence-electron chi connectivity index (χ4n) is 2.43. The average molecular weight is 346 g/mol. The zero-order valence-corrected chi connectivity index (χ0v) is 13.6. The van der Waals surface area contributed by atoms with Crippen molar-refractivity contribution in [1.29, 1.82) is 0 Å². The predicted molar refractivity (Wildman–Crippen MR) is 80.9 cm³/mol. The zero-order valence-electron chi connectivity index (χ0n) is 12.8. The van der Waals surface area contributed by atoms with Gasteiger partial charge in [0.05, 0.1) is 11.9 Å². The maximum absolute atomic E-state index is 13.3. The van der Waals surface area contributed by atoms with Crippen LogP contribution in [0.4, 0.5) is 4.39 Å². The van der Waals surface area contributed by atoms with E-state index >= 15 is 0 Å². The van der Waals surface area contributed by atoms with E-state index in [-0.39, 0.29) is 24.4 Å². The molecule has 0 aromatic heterocycles. The van der Waals surface area contributed by atoms with Gasteiger partial charge in [0.1, 0.15) is 0 Å². The summed E-state index contributed by atoms with van der Waals surface area (Å²) in [5.74, 6) is -2.86. The number of phenolic OH excluding ortho intramolecular Hbond substituents is 1. The van der Waals surface area contributed by atoms with Crippen LogP contribution in [-0.2, 0) is 10.0 Å². The number of amides is 1. The standard InChI is InChI=1S/C14H19FN2O5S/c1-16(2)23(21,22)8-10-6-17(7-13(10)19)14(20)9-3-4-12(18)11(15)5-9/h3-5,10,13,18-19H,6-8H2,1-2H3/t10-,13+/m0/s1. The smallest absolute Gasteiger partial charge is 0.254 e. The van der Waals surface area contributed by atoms with Gasteiger partial charge in [0.15, 0.2) is 11.6 Å². The Labute approximate surface area is 134 Å². The lowest BCUT2D eigenvalue weighted by Gasteiger charge is -2.18. The number of carbonyl (C=O) groups is 1. The number of sulfonamides is 1. The summed E-state index contributed by atoms with van der Waals surface area (Å²) in [7, 11) is -0.695. The molecule has 2 N–H and O–H groups in total. The maximum atomic E-state index is 13.3. The molecule has 2 rings (SSSR count). The lowest BCUT2D eigenvalue weighted by atomic mass is 10.1. The number of aromatic hydroxyl groups is 1. The highest BCUT2D eigenvalue weighted by Gasteiger charge is 2.37. The van der Waals surface area contributed by atoms with Crippen molar-refractivity contribution in [3.63, 3.8) is 0 Å². The van der Waals surface area contributed by atoms with Crippen molar-refractivity contribution in [2.24, 2.45) is 5.92 Å². The second kappa shape index (κ2) is 6.42. The van der Waals surface area contributed by atoms with E-state index in [0.29, 0.717) is 0 Å². The summed E-state index contributed by atoms with van der Waals surface area (Å²) in [6, 6.07) is 3.26. The van der Waals surface area contributed by atoms with E-state index in [2.05, 4.69) is 0 Å². The van der Waals surface area contributed by atoms with Gasteiger partial charge in [0.25, 0.3) is 5.91 Å². The van der Waals surface area contributed by atoms with E-state index in [4.69, 9.17) is 5.11 Å². The molecule has 1 aromatic carbocycles. The van der Waals surface area contributed by atoms with Crippen LogP contribution < -0.4 is 0 Å². The van der Waals surface area contributed by atoms with Gasteiger partial charge in [-0.05, 0) is 18.2 Å². The highest BCUT2D eigenvalue weighted by Crippen LogP contribution is 2.23. The largest absolute Gasteiger partial charge is 0.505 e. The third-order valence-corrected chi connectivity index (χ3v) is 5.83. The Balaban J connectivity index is 2.11. The molecule has 9 heteroatoms. The number of carbonyl (C=O) groups excluding carboxylic acids is 1. The van der Waals surface area contributed by atoms with Crippen LogP contribution in [-0.4, -0.2) is 72.8 Å². The number of aliphatic hydroxyl groups is 1. The Morgan fingerprint density at radius 2 is 2.04 bits per heavy atom. The van der Waals surface area contributed by atoms with E-state index < -0.39 is 39.5 Å². The summed E-state index contributed by atoms with van der Waals surface area (Å²) < 4.78 is 38.2. The molecule has 1 aromatic rings. The molecule has 0 saturated carbocycles. The lowest BCUT2D eigenvalue weighted by molar-refractivity contribution is 0.0764. The minimum absolute atomic E-state index is 0.0189. The molecule has 1 heterocycles. The maximum Gasteiger partial charge on any atom is 0.254 e. The number of aliphatic hydroxyl groups excluding tert-OH is 1. The average Bonchev–Trinajstić information content (AvgIpc) is 2.81. The van der Waals surface area contributed by atoms with Gasteiger partial charge in [-0.3, -0.25) is 4.79 Å². The van der Waals surface area contributed by atoms with Crippen LogP contribution in [0.2, 0.25) is 0 Å². The molecule has 0 unspecified atom stereocenters. The van der Waals surface area contributed by atoms with E-state index in [1.54, 1.807) is 0 Å². The molecule has 7 nitrogen and oxygen atoms in total. The molecule has 1 aliphatic rings. The van der Waals surface area contributed by atoms with Crippen LogP contribution in [0, 0.1) is 11.7 Å². The number of benzene rings is 1. The molecule has 0 bridgehead atoms. The number of hydrogen-bond acceptors (Lipinski definition) is 5. The van der Waals surface area contributed by atoms with Crippen molar-refractivity contribution in [3.8, 4) is 5.75 Å². The van der Waals surface area contributed by atoms with E-state index in [1.807, 2.05) is 0 Å². The second-order valence-corrected chi connectivity index (χ2v) is 7.99. The fraction of sp³-hybridized carbons (Fsp3) is 0.500. The van der Waals surface area contributed by atoms with Gasteiger partial charge in [0, 0.05) is 38.7 Å². The molecule has 1 saturated heterocycles. The zero-order chi connectivity index (χ0) is 17.4. The van der Waals surface area contributed by atoms with Crippen molar-refractivity contribution >= 4 is 15.9 Å². The van der Waals surface area contributed by atoms with Crippen molar-refractivity contribution < 1.29 is 27.8 Å². The van der Waals surface area contributed by atoms with Gasteiger partial charge in [0.2, 0.25) is 10.0 Å². The molecule has 23 heavy (non-hydrogen) atoms. The van der Waals surface area contributed by atoms with Crippen LogP contribution in [0.15, 0.2) is 18.2 Å². The van der Waals surface area contributed by atoms with Crippen molar-refractivity contribution in [1.82, 2.24) is 9.21 Å². The summed E-state index contributed by atoms with van der Waals surface area (Å²) in [5.41, 5.74) is 0.0311. The highest BCUT2D eigenvalue weighted by atomic mass is 32.2. The number of likely N-dealkylation sites (tertiary alicyclic amines) is 1. The summed E-state index contributed by atoms with van der Waals surface area (Å²) in [6.45, 7) is 0.0461. The van der Waals surface area contributed by atoms with Crippen LogP contribution in [0.1, 0.15) is 10.4 Å². The Morgan fingerprint density at radius 3 is 2.61 bits per heavy atom. The molecule has 2 atom stereocenters. The normalized spacial score (nSPS) is 21.9. The van der Waals surface area contributed by atoms with Crippen molar-refractivity contribution in [2.45, 2.75) is 6.10 Å².